The van der Waals surface area contributed by atoms with Crippen LogP contribution in [0.5, 0.6) is 0 Å². The molecule has 2 aromatic carbocycles. The van der Waals surface area contributed by atoms with Crippen LogP contribution in [0, 0.1) is 13.8 Å². The molecule has 1 amide bonds. The van der Waals surface area contributed by atoms with Gasteiger partial charge in [-0.1, -0.05) is 42.5 Å². The van der Waals surface area contributed by atoms with Crippen molar-refractivity contribution in [3.63, 3.8) is 0 Å². The topological polar surface area (TPSA) is 76.1 Å². The number of nitrogens with one attached hydrogen (secondary N) is 2. The van der Waals surface area contributed by atoms with Gasteiger partial charge in [-0.05, 0) is 31.0 Å². The number of carbonyl (C=O) groups excluding carboxylic acids is 1. The molecule has 1 aromatic heterocycles. The SMILES string of the molecule is COCCNC(=O)c1cc(Nc2cccc(C)c2C)nc(-c2ccccc2)n1. The molecule has 2 N–H and O–H groups in total. The highest BCUT2D eigenvalue weighted by Gasteiger charge is 2.13. The number of methoxy groups -OCH3 is 1. The van der Waals surface area contributed by atoms with Crippen LogP contribution in [0.1, 0.15) is 21.6 Å². The minimum absolute atomic E-state index is 0.263. The lowest BCUT2D eigenvalue weighted by Crippen LogP contribution is -2.28. The van der Waals surface area contributed by atoms with Crippen molar-refractivity contribution >= 4 is 17.4 Å². The van der Waals surface area contributed by atoms with Crippen molar-refractivity contribution in [1.82, 2.24) is 15.3 Å². The molecule has 0 spiro atoms. The lowest BCUT2D eigenvalue weighted by atomic mass is 10.1. The molecular weight excluding hydrogens is 352 g/mol. The van der Waals surface area contributed by atoms with E-state index in [0.717, 1.165) is 16.8 Å². The van der Waals surface area contributed by atoms with Crippen LogP contribution in [-0.4, -0.2) is 36.1 Å². The van der Waals surface area contributed by atoms with E-state index in [4.69, 9.17) is 4.74 Å². The van der Waals surface area contributed by atoms with Gasteiger partial charge >= 0.3 is 0 Å². The van der Waals surface area contributed by atoms with Crippen molar-refractivity contribution in [2.75, 3.05) is 25.6 Å². The number of benzene rings is 2. The maximum Gasteiger partial charge on any atom is 0.270 e. The van der Waals surface area contributed by atoms with Gasteiger partial charge < -0.3 is 15.4 Å². The lowest BCUT2D eigenvalue weighted by Gasteiger charge is -2.13. The first kappa shape index (κ1) is 19.5. The summed E-state index contributed by atoms with van der Waals surface area (Å²) < 4.78 is 4.99. The Bertz CT molecular complexity index is 958. The predicted octanol–water partition coefficient (Wildman–Crippen LogP) is 3.88. The zero-order valence-corrected chi connectivity index (χ0v) is 16.3. The highest BCUT2D eigenvalue weighted by molar-refractivity contribution is 5.93. The van der Waals surface area contributed by atoms with Crippen LogP contribution < -0.4 is 10.6 Å². The Labute approximate surface area is 165 Å². The van der Waals surface area contributed by atoms with E-state index in [0.29, 0.717) is 30.5 Å². The summed E-state index contributed by atoms with van der Waals surface area (Å²) in [6, 6.07) is 17.3. The summed E-state index contributed by atoms with van der Waals surface area (Å²) in [5, 5.41) is 6.14. The molecule has 0 saturated heterocycles. The number of aromatic nitrogens is 2. The van der Waals surface area contributed by atoms with Gasteiger partial charge in [-0.25, -0.2) is 9.97 Å². The number of nitrogens with zero attached hydrogens (tertiary/aromatic N) is 2. The molecule has 6 heteroatoms. The van der Waals surface area contributed by atoms with E-state index in [2.05, 4.69) is 40.5 Å². The first-order valence-corrected chi connectivity index (χ1v) is 9.13. The number of aryl methyl sites for hydroxylation is 1. The molecule has 0 aliphatic heterocycles. The number of anilines is 2. The number of hydrogen-bond donors (Lipinski definition) is 2. The summed E-state index contributed by atoms with van der Waals surface area (Å²) in [5.74, 6) is 0.799. The van der Waals surface area contributed by atoms with Crippen LogP contribution in [-0.2, 0) is 4.74 Å². The molecule has 6 nitrogen and oxygen atoms in total. The number of ether oxygens (including phenoxy) is 1. The van der Waals surface area contributed by atoms with E-state index in [1.54, 1.807) is 13.2 Å². The van der Waals surface area contributed by atoms with Gasteiger partial charge in [-0.2, -0.15) is 0 Å². The first-order valence-electron chi connectivity index (χ1n) is 9.13. The zero-order valence-electron chi connectivity index (χ0n) is 16.3. The predicted molar refractivity (Wildman–Crippen MR) is 111 cm³/mol. The smallest absolute Gasteiger partial charge is 0.270 e. The van der Waals surface area contributed by atoms with Crippen LogP contribution in [0.3, 0.4) is 0 Å². The van der Waals surface area contributed by atoms with Crippen molar-refractivity contribution in [2.24, 2.45) is 0 Å². The second-order valence-corrected chi connectivity index (χ2v) is 6.45. The number of amides is 1. The van der Waals surface area contributed by atoms with E-state index in [1.165, 1.54) is 5.56 Å². The third-order valence-electron chi connectivity index (χ3n) is 4.45. The zero-order chi connectivity index (χ0) is 19.9. The molecular formula is C22H24N4O2. The average molecular weight is 376 g/mol. The summed E-state index contributed by atoms with van der Waals surface area (Å²) in [4.78, 5) is 21.6. The molecule has 28 heavy (non-hydrogen) atoms. The van der Waals surface area contributed by atoms with Crippen molar-refractivity contribution in [2.45, 2.75) is 13.8 Å². The fourth-order valence-corrected chi connectivity index (χ4v) is 2.73. The van der Waals surface area contributed by atoms with Crippen LogP contribution in [0.2, 0.25) is 0 Å². The van der Waals surface area contributed by atoms with Crippen molar-refractivity contribution in [3.05, 3.63) is 71.4 Å². The molecule has 0 radical (unpaired) electrons. The molecule has 3 aromatic rings. The molecule has 0 aliphatic carbocycles. The Kier molecular flexibility index (Phi) is 6.34. The van der Waals surface area contributed by atoms with Gasteiger partial charge in [0.15, 0.2) is 5.82 Å². The molecule has 0 aliphatic rings. The molecule has 144 valence electrons. The van der Waals surface area contributed by atoms with E-state index >= 15 is 0 Å². The Morgan fingerprint density at radius 3 is 2.57 bits per heavy atom. The molecule has 0 bridgehead atoms. The summed E-state index contributed by atoms with van der Waals surface area (Å²) >= 11 is 0. The van der Waals surface area contributed by atoms with E-state index in [1.807, 2.05) is 42.5 Å². The Balaban J connectivity index is 1.97. The fourth-order valence-electron chi connectivity index (χ4n) is 2.73. The maximum absolute atomic E-state index is 12.5. The second kappa shape index (κ2) is 9.10. The van der Waals surface area contributed by atoms with Crippen molar-refractivity contribution < 1.29 is 9.53 Å². The normalized spacial score (nSPS) is 10.5. The van der Waals surface area contributed by atoms with Gasteiger partial charge in [0.2, 0.25) is 0 Å². The minimum atomic E-state index is -0.263. The number of hydrogen-bond acceptors (Lipinski definition) is 5. The Hall–Kier alpha value is -3.25. The van der Waals surface area contributed by atoms with E-state index in [-0.39, 0.29) is 5.91 Å². The molecule has 0 unspecified atom stereocenters. The third-order valence-corrected chi connectivity index (χ3v) is 4.45. The highest BCUT2D eigenvalue weighted by atomic mass is 16.5. The van der Waals surface area contributed by atoms with Crippen LogP contribution in [0.4, 0.5) is 11.5 Å². The quantitative estimate of drug-likeness (QED) is 0.612. The summed E-state index contributed by atoms with van der Waals surface area (Å²) in [6.07, 6.45) is 0. The summed E-state index contributed by atoms with van der Waals surface area (Å²) in [6.45, 7) is 4.97. The van der Waals surface area contributed by atoms with Crippen LogP contribution in [0.25, 0.3) is 11.4 Å². The van der Waals surface area contributed by atoms with Gasteiger partial charge in [0, 0.05) is 31.0 Å². The first-order chi connectivity index (χ1) is 13.6. The highest BCUT2D eigenvalue weighted by Crippen LogP contribution is 2.24. The number of carbonyl (C=O) groups is 1. The largest absolute Gasteiger partial charge is 0.383 e. The standard InChI is InChI=1S/C22H24N4O2/c1-15-8-7-11-18(16(15)2)24-20-14-19(22(27)23-12-13-28-3)25-21(26-20)17-9-5-4-6-10-17/h4-11,14H,12-13H2,1-3H3,(H,23,27)(H,24,25,26). The van der Waals surface area contributed by atoms with Crippen LogP contribution >= 0.6 is 0 Å². The molecule has 3 rings (SSSR count). The van der Waals surface area contributed by atoms with Gasteiger partial charge in [-0.15, -0.1) is 0 Å². The molecule has 1 heterocycles. The molecule has 0 atom stereocenters. The van der Waals surface area contributed by atoms with E-state index in [9.17, 15) is 4.79 Å². The van der Waals surface area contributed by atoms with Crippen LogP contribution in [0.15, 0.2) is 54.6 Å². The maximum atomic E-state index is 12.5. The monoisotopic (exact) mass is 376 g/mol. The molecule has 0 saturated carbocycles. The lowest BCUT2D eigenvalue weighted by molar-refractivity contribution is 0.0932. The van der Waals surface area contributed by atoms with Gasteiger partial charge in [0.1, 0.15) is 11.5 Å². The van der Waals surface area contributed by atoms with Crippen molar-refractivity contribution in [3.8, 4) is 11.4 Å². The number of rotatable bonds is 7. The van der Waals surface area contributed by atoms with E-state index < -0.39 is 0 Å². The van der Waals surface area contributed by atoms with Gasteiger partial charge in [0.05, 0.1) is 6.61 Å². The Morgan fingerprint density at radius 1 is 1.04 bits per heavy atom. The fraction of sp³-hybridized carbons (Fsp3) is 0.227. The molecule has 0 fully saturated rings. The van der Waals surface area contributed by atoms with Crippen molar-refractivity contribution in [1.29, 1.82) is 0 Å². The van der Waals surface area contributed by atoms with Gasteiger partial charge in [-0.3, -0.25) is 4.79 Å². The summed E-state index contributed by atoms with van der Waals surface area (Å²) in [7, 11) is 1.59. The minimum Gasteiger partial charge on any atom is -0.383 e. The second-order valence-electron chi connectivity index (χ2n) is 6.45. The van der Waals surface area contributed by atoms with Gasteiger partial charge in [0.25, 0.3) is 5.91 Å². The average Bonchev–Trinajstić information content (AvgIpc) is 2.72. The Morgan fingerprint density at radius 2 is 1.82 bits per heavy atom. The third kappa shape index (κ3) is 4.72. The summed E-state index contributed by atoms with van der Waals surface area (Å²) in [5.41, 5.74) is 4.41.